The number of tetrazole rings is 1. The van der Waals surface area contributed by atoms with Gasteiger partial charge in [-0.15, -0.1) is 16.4 Å². The molecule has 32 heavy (non-hydrogen) atoms. The molecule has 4 aromatic rings. The van der Waals surface area contributed by atoms with Gasteiger partial charge in [0.15, 0.2) is 0 Å². The molecular formula is C23H24N6OS2. The molecule has 0 unspecified atom stereocenters. The lowest BCUT2D eigenvalue weighted by Crippen LogP contribution is -2.40. The molecule has 2 aromatic heterocycles. The molecule has 5 rings (SSSR count). The van der Waals surface area contributed by atoms with E-state index < -0.39 is 0 Å². The normalized spacial score (nSPS) is 16.6. The Kier molecular flexibility index (Phi) is 5.93. The number of thioether (sulfide) groups is 1. The minimum atomic E-state index is 0.122. The summed E-state index contributed by atoms with van der Waals surface area (Å²) in [7, 11) is 0. The van der Waals surface area contributed by atoms with Gasteiger partial charge in [-0.1, -0.05) is 42.1 Å². The van der Waals surface area contributed by atoms with Crippen LogP contribution in [-0.4, -0.2) is 54.8 Å². The molecule has 9 heteroatoms. The number of aryl methyl sites for hydroxylation is 2. The molecule has 0 radical (unpaired) electrons. The fraction of sp³-hybridized carbons (Fsp3) is 0.348. The van der Waals surface area contributed by atoms with Gasteiger partial charge in [-0.3, -0.25) is 4.79 Å². The molecule has 164 valence electrons. The van der Waals surface area contributed by atoms with Crippen LogP contribution in [0.2, 0.25) is 0 Å². The summed E-state index contributed by atoms with van der Waals surface area (Å²) in [4.78, 5) is 19.8. The van der Waals surface area contributed by atoms with E-state index in [1.54, 1.807) is 16.0 Å². The van der Waals surface area contributed by atoms with E-state index in [9.17, 15) is 4.79 Å². The summed E-state index contributed by atoms with van der Waals surface area (Å²) in [5.41, 5.74) is 4.21. The molecule has 7 nitrogen and oxygen atoms in total. The minimum Gasteiger partial charge on any atom is -0.341 e. The summed E-state index contributed by atoms with van der Waals surface area (Å²) in [6, 6.07) is 14.3. The van der Waals surface area contributed by atoms with Crippen LogP contribution in [0, 0.1) is 13.8 Å². The Morgan fingerprint density at radius 1 is 1.16 bits per heavy atom. The van der Waals surface area contributed by atoms with Gasteiger partial charge in [0, 0.05) is 19.0 Å². The molecular weight excluding hydrogens is 440 g/mol. The zero-order valence-corrected chi connectivity index (χ0v) is 19.7. The Bertz CT molecular complexity index is 1210. The number of carbonyl (C=O) groups is 1. The number of amides is 1. The second kappa shape index (κ2) is 8.99. The van der Waals surface area contributed by atoms with Crippen molar-refractivity contribution >= 4 is 39.2 Å². The maximum Gasteiger partial charge on any atom is 0.233 e. The van der Waals surface area contributed by atoms with Gasteiger partial charge < -0.3 is 4.90 Å². The first-order valence-electron chi connectivity index (χ1n) is 10.7. The van der Waals surface area contributed by atoms with E-state index in [1.165, 1.54) is 16.5 Å². The zero-order valence-electron chi connectivity index (χ0n) is 18.1. The van der Waals surface area contributed by atoms with Crippen LogP contribution in [-0.2, 0) is 4.79 Å². The average Bonchev–Trinajstić information content (AvgIpc) is 3.44. The van der Waals surface area contributed by atoms with E-state index in [0.717, 1.165) is 53.3 Å². The third kappa shape index (κ3) is 4.14. The third-order valence-corrected chi connectivity index (χ3v) is 7.95. The highest BCUT2D eigenvalue weighted by Gasteiger charge is 2.27. The first-order chi connectivity index (χ1) is 15.6. The van der Waals surface area contributed by atoms with Crippen molar-refractivity contribution < 1.29 is 4.79 Å². The summed E-state index contributed by atoms with van der Waals surface area (Å²) >= 11 is 3.14. The van der Waals surface area contributed by atoms with Gasteiger partial charge in [-0.05, 0) is 60.4 Å². The number of benzene rings is 2. The van der Waals surface area contributed by atoms with E-state index in [2.05, 4.69) is 27.7 Å². The summed E-state index contributed by atoms with van der Waals surface area (Å²) in [6.45, 7) is 5.60. The van der Waals surface area contributed by atoms with Crippen LogP contribution >= 0.6 is 23.1 Å². The van der Waals surface area contributed by atoms with Crippen molar-refractivity contribution in [2.24, 2.45) is 0 Å². The Morgan fingerprint density at radius 3 is 2.78 bits per heavy atom. The lowest BCUT2D eigenvalue weighted by Gasteiger charge is -2.31. The lowest BCUT2D eigenvalue weighted by atomic mass is 9.99. The van der Waals surface area contributed by atoms with Crippen molar-refractivity contribution in [2.75, 3.05) is 18.8 Å². The van der Waals surface area contributed by atoms with Crippen LogP contribution in [0.1, 0.15) is 34.9 Å². The van der Waals surface area contributed by atoms with E-state index in [-0.39, 0.29) is 5.91 Å². The van der Waals surface area contributed by atoms with Gasteiger partial charge in [0.1, 0.15) is 0 Å². The van der Waals surface area contributed by atoms with Crippen LogP contribution in [0.3, 0.4) is 0 Å². The number of aromatic nitrogens is 5. The number of nitrogens with zero attached hydrogens (tertiary/aromatic N) is 6. The molecule has 0 N–H and O–H groups in total. The second-order valence-corrected chi connectivity index (χ2v) is 10.1. The van der Waals surface area contributed by atoms with Crippen LogP contribution in [0.4, 0.5) is 0 Å². The van der Waals surface area contributed by atoms with Crippen molar-refractivity contribution in [2.45, 2.75) is 37.8 Å². The van der Waals surface area contributed by atoms with Crippen LogP contribution < -0.4 is 0 Å². The highest BCUT2D eigenvalue weighted by atomic mass is 32.2. The molecule has 0 bridgehead atoms. The first-order valence-corrected chi connectivity index (χ1v) is 12.5. The molecule has 3 heterocycles. The van der Waals surface area contributed by atoms with Crippen molar-refractivity contribution in [3.05, 3.63) is 58.6 Å². The minimum absolute atomic E-state index is 0.122. The molecule has 0 spiro atoms. The number of thiazole rings is 1. The number of likely N-dealkylation sites (tertiary alicyclic amines) is 1. The fourth-order valence-corrected chi connectivity index (χ4v) is 6.11. The van der Waals surface area contributed by atoms with Gasteiger partial charge in [0.05, 0.1) is 26.7 Å². The molecule has 1 fully saturated rings. The molecule has 0 aliphatic carbocycles. The third-order valence-electron chi connectivity index (χ3n) is 5.85. The number of para-hydroxylation sites is 2. The fourth-order valence-electron chi connectivity index (χ4n) is 4.24. The van der Waals surface area contributed by atoms with Gasteiger partial charge >= 0.3 is 0 Å². The zero-order chi connectivity index (χ0) is 22.1. The molecule has 1 atom stereocenters. The van der Waals surface area contributed by atoms with E-state index in [1.807, 2.05) is 49.1 Å². The molecule has 1 aliphatic rings. The number of hydrogen-bond donors (Lipinski definition) is 0. The van der Waals surface area contributed by atoms with Gasteiger partial charge in [-0.25, -0.2) is 4.98 Å². The average molecular weight is 465 g/mol. The highest BCUT2D eigenvalue weighted by molar-refractivity contribution is 7.99. The van der Waals surface area contributed by atoms with Crippen molar-refractivity contribution in [1.82, 2.24) is 30.1 Å². The Labute approximate surface area is 194 Å². The molecule has 0 saturated carbocycles. The van der Waals surface area contributed by atoms with E-state index in [4.69, 9.17) is 4.98 Å². The van der Waals surface area contributed by atoms with Crippen LogP contribution in [0.25, 0.3) is 15.9 Å². The standard InChI is InChI=1S/C23H24N6OS2/c1-15-7-5-8-16(2)21(15)29-23(25-26-27-29)31-14-20(30)28-12-6-9-17(13-28)22-24-18-10-3-4-11-19(18)32-22/h3-5,7-8,10-11,17H,6,9,12-14H2,1-2H3/t17-/m1/s1. The van der Waals surface area contributed by atoms with Gasteiger partial charge in [0.2, 0.25) is 11.1 Å². The molecule has 1 saturated heterocycles. The maximum atomic E-state index is 13.0. The Hall–Kier alpha value is -2.78. The van der Waals surface area contributed by atoms with Gasteiger partial charge in [-0.2, -0.15) is 4.68 Å². The lowest BCUT2D eigenvalue weighted by molar-refractivity contribution is -0.129. The highest BCUT2D eigenvalue weighted by Crippen LogP contribution is 2.33. The van der Waals surface area contributed by atoms with Crippen molar-refractivity contribution in [3.63, 3.8) is 0 Å². The number of carbonyl (C=O) groups excluding carboxylic acids is 1. The summed E-state index contributed by atoms with van der Waals surface area (Å²) in [5, 5.41) is 14.0. The Balaban J connectivity index is 1.26. The molecule has 1 amide bonds. The topological polar surface area (TPSA) is 76.8 Å². The summed E-state index contributed by atoms with van der Waals surface area (Å²) in [5.74, 6) is 0.740. The smallest absolute Gasteiger partial charge is 0.233 e. The predicted octanol–water partition coefficient (Wildman–Crippen LogP) is 4.39. The second-order valence-electron chi connectivity index (χ2n) is 8.10. The quantitative estimate of drug-likeness (QED) is 0.408. The van der Waals surface area contributed by atoms with Crippen LogP contribution in [0.5, 0.6) is 0 Å². The SMILES string of the molecule is Cc1cccc(C)c1-n1nnnc1SCC(=O)N1CCC[C@@H](c2nc3ccccc3s2)C1. The number of fused-ring (bicyclic) bond motifs is 1. The number of hydrogen-bond acceptors (Lipinski definition) is 7. The first kappa shape index (κ1) is 21.1. The summed E-state index contributed by atoms with van der Waals surface area (Å²) in [6.07, 6.45) is 2.07. The monoisotopic (exact) mass is 464 g/mol. The van der Waals surface area contributed by atoms with E-state index >= 15 is 0 Å². The Morgan fingerprint density at radius 2 is 1.97 bits per heavy atom. The molecule has 1 aliphatic heterocycles. The van der Waals surface area contributed by atoms with Crippen LogP contribution in [0.15, 0.2) is 47.6 Å². The van der Waals surface area contributed by atoms with Crippen molar-refractivity contribution in [1.29, 1.82) is 0 Å². The van der Waals surface area contributed by atoms with Gasteiger partial charge in [0.25, 0.3) is 0 Å². The maximum absolute atomic E-state index is 13.0. The largest absolute Gasteiger partial charge is 0.341 e. The van der Waals surface area contributed by atoms with Crippen molar-refractivity contribution in [3.8, 4) is 5.69 Å². The predicted molar refractivity (Wildman–Crippen MR) is 128 cm³/mol. The molecule has 2 aromatic carbocycles. The summed E-state index contributed by atoms with van der Waals surface area (Å²) < 4.78 is 2.95. The van der Waals surface area contributed by atoms with E-state index in [0.29, 0.717) is 16.8 Å². The number of piperidine rings is 1. The number of rotatable bonds is 5.